The molecule has 132 valence electrons. The number of hydrogen-bond donors (Lipinski definition) is 0. The first kappa shape index (κ1) is 18.0. The summed E-state index contributed by atoms with van der Waals surface area (Å²) in [5, 5.41) is 0.334. The molecular weight excluding hydrogens is 344 g/mol. The van der Waals surface area contributed by atoms with Crippen LogP contribution in [0.25, 0.3) is 0 Å². The SMILES string of the molecule is Cc1ccc(C(=O)[C@@H](C([S-])=NCc2ccco2)[n+]2ccccc2)cc1C. The van der Waals surface area contributed by atoms with E-state index in [0.29, 0.717) is 22.9 Å². The van der Waals surface area contributed by atoms with Gasteiger partial charge in [-0.05, 0) is 48.2 Å². The van der Waals surface area contributed by atoms with Crippen LogP contribution in [0.3, 0.4) is 0 Å². The molecule has 0 aliphatic carbocycles. The third-order valence-electron chi connectivity index (χ3n) is 4.28. The number of carbonyl (C=O) groups is 1. The standard InChI is InChI=1S/C21H20N2O2S/c1-15-8-9-17(13-16(15)2)20(24)19(23-10-4-3-5-11-23)21(26)22-14-18-7-6-12-25-18/h3-13,19H,14H2,1-2H3/t19-/m0/s1. The highest BCUT2D eigenvalue weighted by atomic mass is 32.1. The third kappa shape index (κ3) is 4.06. The molecule has 0 aliphatic heterocycles. The number of ketones is 1. The molecule has 1 atom stereocenters. The number of aliphatic imine (C=N–C) groups is 1. The smallest absolute Gasteiger partial charge is 0.237 e. The van der Waals surface area contributed by atoms with Crippen LogP contribution in [0.5, 0.6) is 0 Å². The predicted octanol–water partition coefficient (Wildman–Crippen LogP) is 3.75. The first-order valence-corrected chi connectivity index (χ1v) is 8.78. The van der Waals surface area contributed by atoms with Crippen LogP contribution in [0.15, 0.2) is 76.6 Å². The second-order valence-electron chi connectivity index (χ2n) is 6.12. The normalized spacial score (nSPS) is 12.8. The summed E-state index contributed by atoms with van der Waals surface area (Å²) in [6.45, 7) is 4.34. The zero-order chi connectivity index (χ0) is 18.5. The Hall–Kier alpha value is -2.79. The van der Waals surface area contributed by atoms with Crippen molar-refractivity contribution in [3.63, 3.8) is 0 Å². The second kappa shape index (κ2) is 8.06. The van der Waals surface area contributed by atoms with Crippen LogP contribution in [0.4, 0.5) is 0 Å². The molecular formula is C21H20N2O2S. The third-order valence-corrected chi connectivity index (χ3v) is 4.63. The number of Topliss-reactive ketones (excluding diaryl/α,β-unsaturated/α-hetero) is 1. The Kier molecular flexibility index (Phi) is 5.58. The van der Waals surface area contributed by atoms with E-state index in [0.717, 1.165) is 11.1 Å². The Morgan fingerprint density at radius 2 is 1.88 bits per heavy atom. The number of hydrogen-bond acceptors (Lipinski definition) is 4. The fraction of sp³-hybridized carbons (Fsp3) is 0.190. The lowest BCUT2D eigenvalue weighted by Gasteiger charge is -2.18. The lowest BCUT2D eigenvalue weighted by atomic mass is 9.99. The van der Waals surface area contributed by atoms with Crippen molar-refractivity contribution in [1.82, 2.24) is 0 Å². The minimum atomic E-state index is -0.664. The maximum Gasteiger partial charge on any atom is 0.237 e. The van der Waals surface area contributed by atoms with Gasteiger partial charge in [0.2, 0.25) is 11.8 Å². The molecule has 3 rings (SSSR count). The van der Waals surface area contributed by atoms with Gasteiger partial charge in [-0.2, -0.15) is 4.57 Å². The summed E-state index contributed by atoms with van der Waals surface area (Å²) in [6, 6.07) is 14.3. The molecule has 0 N–H and O–H groups in total. The molecule has 0 saturated heterocycles. The first-order valence-electron chi connectivity index (χ1n) is 8.37. The summed E-state index contributed by atoms with van der Waals surface area (Å²) in [5.41, 5.74) is 2.85. The molecule has 1 aromatic carbocycles. The average molecular weight is 364 g/mol. The molecule has 0 amide bonds. The Labute approximate surface area is 158 Å². The van der Waals surface area contributed by atoms with Crippen LogP contribution >= 0.6 is 0 Å². The van der Waals surface area contributed by atoms with Crippen molar-refractivity contribution in [2.45, 2.75) is 26.4 Å². The molecule has 0 radical (unpaired) electrons. The fourth-order valence-corrected chi connectivity index (χ4v) is 2.95. The van der Waals surface area contributed by atoms with Crippen molar-refractivity contribution in [2.24, 2.45) is 4.99 Å². The Morgan fingerprint density at radius 1 is 1.12 bits per heavy atom. The molecule has 0 bridgehead atoms. The number of nitrogens with zero attached hydrogens (tertiary/aromatic N) is 2. The molecule has 4 nitrogen and oxygen atoms in total. The Morgan fingerprint density at radius 3 is 2.54 bits per heavy atom. The van der Waals surface area contributed by atoms with Crippen molar-refractivity contribution >= 4 is 23.5 Å². The van der Waals surface area contributed by atoms with E-state index in [1.54, 1.807) is 16.9 Å². The highest BCUT2D eigenvalue weighted by Crippen LogP contribution is 2.16. The van der Waals surface area contributed by atoms with Crippen molar-refractivity contribution in [3.05, 3.63) is 89.6 Å². The van der Waals surface area contributed by atoms with E-state index in [1.165, 1.54) is 0 Å². The van der Waals surface area contributed by atoms with E-state index in [2.05, 4.69) is 4.99 Å². The van der Waals surface area contributed by atoms with Crippen LogP contribution in [0, 0.1) is 13.8 Å². The van der Waals surface area contributed by atoms with Crippen LogP contribution in [-0.4, -0.2) is 10.8 Å². The van der Waals surface area contributed by atoms with Gasteiger partial charge in [-0.25, -0.2) is 0 Å². The van der Waals surface area contributed by atoms with Gasteiger partial charge in [0.15, 0.2) is 12.4 Å². The van der Waals surface area contributed by atoms with E-state index in [9.17, 15) is 4.79 Å². The van der Waals surface area contributed by atoms with Gasteiger partial charge in [-0.3, -0.25) is 4.79 Å². The molecule has 2 aromatic heterocycles. The number of rotatable bonds is 6. The molecule has 0 spiro atoms. The average Bonchev–Trinajstić information content (AvgIpc) is 3.17. The van der Waals surface area contributed by atoms with Crippen molar-refractivity contribution in [1.29, 1.82) is 0 Å². The largest absolute Gasteiger partial charge is 0.758 e. The number of furan rings is 1. The summed E-state index contributed by atoms with van der Waals surface area (Å²) in [5.74, 6) is 0.639. The monoisotopic (exact) mass is 364 g/mol. The molecule has 0 unspecified atom stereocenters. The van der Waals surface area contributed by atoms with Gasteiger partial charge in [-0.15, -0.1) is 0 Å². The number of carbonyl (C=O) groups excluding carboxylic acids is 1. The summed E-state index contributed by atoms with van der Waals surface area (Å²) in [6.07, 6.45) is 5.26. The molecule has 0 fully saturated rings. The molecule has 26 heavy (non-hydrogen) atoms. The number of benzene rings is 1. The number of aromatic nitrogens is 1. The van der Waals surface area contributed by atoms with E-state index in [-0.39, 0.29) is 5.78 Å². The lowest BCUT2D eigenvalue weighted by Crippen LogP contribution is -2.47. The zero-order valence-electron chi connectivity index (χ0n) is 14.8. The van der Waals surface area contributed by atoms with Crippen LogP contribution < -0.4 is 4.57 Å². The highest BCUT2D eigenvalue weighted by Gasteiger charge is 2.28. The summed E-state index contributed by atoms with van der Waals surface area (Å²) in [7, 11) is 0. The van der Waals surface area contributed by atoms with Gasteiger partial charge < -0.3 is 22.0 Å². The van der Waals surface area contributed by atoms with E-state index >= 15 is 0 Å². The van der Waals surface area contributed by atoms with Gasteiger partial charge in [0.25, 0.3) is 0 Å². The maximum absolute atomic E-state index is 13.2. The predicted molar refractivity (Wildman–Crippen MR) is 103 cm³/mol. The number of aryl methyl sites for hydroxylation is 2. The van der Waals surface area contributed by atoms with E-state index < -0.39 is 6.04 Å². The van der Waals surface area contributed by atoms with Gasteiger partial charge in [0.05, 0.1) is 12.8 Å². The lowest BCUT2D eigenvalue weighted by molar-refractivity contribution is -0.691. The highest BCUT2D eigenvalue weighted by molar-refractivity contribution is 7.77. The van der Waals surface area contributed by atoms with Gasteiger partial charge in [0, 0.05) is 17.7 Å². The minimum Gasteiger partial charge on any atom is -0.758 e. The zero-order valence-corrected chi connectivity index (χ0v) is 15.6. The van der Waals surface area contributed by atoms with Gasteiger partial charge in [-0.1, -0.05) is 18.2 Å². The Balaban J connectivity index is 1.96. The molecule has 5 heteroatoms. The summed E-state index contributed by atoms with van der Waals surface area (Å²) in [4.78, 5) is 17.6. The summed E-state index contributed by atoms with van der Waals surface area (Å²) >= 11 is 5.52. The topological polar surface area (TPSA) is 46.5 Å². The van der Waals surface area contributed by atoms with Gasteiger partial charge in [0.1, 0.15) is 5.76 Å². The molecule has 0 saturated carbocycles. The van der Waals surface area contributed by atoms with Crippen LogP contribution in [0.2, 0.25) is 0 Å². The van der Waals surface area contributed by atoms with Crippen molar-refractivity contribution in [2.75, 3.05) is 0 Å². The number of pyridine rings is 1. The second-order valence-corrected chi connectivity index (χ2v) is 6.54. The van der Waals surface area contributed by atoms with E-state index in [4.69, 9.17) is 17.0 Å². The van der Waals surface area contributed by atoms with Crippen LogP contribution in [-0.2, 0) is 19.2 Å². The quantitative estimate of drug-likeness (QED) is 0.220. The molecule has 2 heterocycles. The van der Waals surface area contributed by atoms with Crippen molar-refractivity contribution < 1.29 is 13.8 Å². The maximum atomic E-state index is 13.2. The first-order chi connectivity index (χ1) is 12.6. The molecule has 0 aliphatic rings. The minimum absolute atomic E-state index is 0.0718. The van der Waals surface area contributed by atoms with E-state index in [1.807, 2.05) is 68.7 Å². The Bertz CT molecular complexity index is 918. The van der Waals surface area contributed by atoms with Crippen LogP contribution in [0.1, 0.15) is 33.3 Å². The fourth-order valence-electron chi connectivity index (χ4n) is 2.66. The van der Waals surface area contributed by atoms with Gasteiger partial charge >= 0.3 is 0 Å². The molecule has 3 aromatic rings. The van der Waals surface area contributed by atoms with Crippen molar-refractivity contribution in [3.8, 4) is 0 Å². The summed E-state index contributed by atoms with van der Waals surface area (Å²) < 4.78 is 7.10.